The smallest absolute Gasteiger partial charge is 0.255 e. The van der Waals surface area contributed by atoms with Gasteiger partial charge >= 0.3 is 0 Å². The quantitative estimate of drug-likeness (QED) is 0.576. The van der Waals surface area contributed by atoms with E-state index in [1.807, 2.05) is 53.4 Å². The van der Waals surface area contributed by atoms with Gasteiger partial charge < -0.3 is 4.90 Å². The van der Waals surface area contributed by atoms with E-state index >= 15 is 0 Å². The molecule has 0 aromatic heterocycles. The van der Waals surface area contributed by atoms with E-state index in [4.69, 9.17) is 0 Å². The van der Waals surface area contributed by atoms with E-state index in [2.05, 4.69) is 21.8 Å². The van der Waals surface area contributed by atoms with Gasteiger partial charge in [0.15, 0.2) is 0 Å². The summed E-state index contributed by atoms with van der Waals surface area (Å²) in [7, 11) is -3.65. The second-order valence-corrected chi connectivity index (χ2v) is 9.56. The van der Waals surface area contributed by atoms with Crippen LogP contribution in [0.3, 0.4) is 0 Å². The summed E-state index contributed by atoms with van der Waals surface area (Å²) in [6, 6.07) is 26.1. The maximum Gasteiger partial charge on any atom is 0.255 e. The van der Waals surface area contributed by atoms with Crippen molar-refractivity contribution < 1.29 is 13.2 Å². The zero-order valence-corrected chi connectivity index (χ0v) is 19.1. The number of carbonyl (C=O) groups is 1. The lowest BCUT2D eigenvalue weighted by atomic mass is 10.1. The van der Waals surface area contributed by atoms with Crippen molar-refractivity contribution in [3.8, 4) is 0 Å². The first-order chi connectivity index (χ1) is 16.0. The Bertz CT molecular complexity index is 1190. The fraction of sp³-hybridized carbons (Fsp3) is 0.192. The average Bonchev–Trinajstić information content (AvgIpc) is 2.84. The van der Waals surface area contributed by atoms with E-state index < -0.39 is 10.0 Å². The fourth-order valence-corrected chi connectivity index (χ4v) is 4.61. The number of hydrogen-bond donors (Lipinski definition) is 1. The molecule has 0 atom stereocenters. The van der Waals surface area contributed by atoms with Crippen LogP contribution in [0.15, 0.2) is 90.3 Å². The molecule has 0 saturated carbocycles. The zero-order chi connectivity index (χ0) is 23.1. The van der Waals surface area contributed by atoms with Crippen LogP contribution in [0.5, 0.6) is 0 Å². The van der Waals surface area contributed by atoms with Gasteiger partial charge in [-0.2, -0.15) is 0 Å². The SMILES string of the molecule is O=C(c1ccc(NS(=O)(=O)C=Cc2ccccc2)cc1)N1CCN(Cc2ccccc2)CC1. The Morgan fingerprint density at radius 2 is 1.42 bits per heavy atom. The summed E-state index contributed by atoms with van der Waals surface area (Å²) < 4.78 is 27.2. The number of piperazine rings is 1. The second kappa shape index (κ2) is 10.5. The molecule has 3 aromatic carbocycles. The van der Waals surface area contributed by atoms with Gasteiger partial charge in [0, 0.05) is 44.0 Å². The molecule has 1 heterocycles. The predicted molar refractivity (Wildman–Crippen MR) is 132 cm³/mol. The van der Waals surface area contributed by atoms with Crippen molar-refractivity contribution in [3.05, 3.63) is 107 Å². The normalized spacial score (nSPS) is 15.0. The molecule has 1 N–H and O–H groups in total. The van der Waals surface area contributed by atoms with Crippen LogP contribution in [0.25, 0.3) is 6.08 Å². The number of hydrogen-bond acceptors (Lipinski definition) is 4. The lowest BCUT2D eigenvalue weighted by Gasteiger charge is -2.34. The first-order valence-electron chi connectivity index (χ1n) is 10.9. The van der Waals surface area contributed by atoms with Crippen LogP contribution < -0.4 is 4.72 Å². The summed E-state index contributed by atoms with van der Waals surface area (Å²) in [5.74, 6) is -0.0345. The standard InChI is InChI=1S/C26H27N3O3S/c30-26(29-18-16-28(17-19-29)21-23-9-5-2-6-10-23)24-11-13-25(14-12-24)27-33(31,32)20-15-22-7-3-1-4-8-22/h1-15,20,27H,16-19,21H2. The first kappa shape index (κ1) is 22.8. The summed E-state index contributed by atoms with van der Waals surface area (Å²) in [6.07, 6.45) is 1.54. The number of benzene rings is 3. The third-order valence-electron chi connectivity index (χ3n) is 5.54. The molecule has 1 aliphatic heterocycles. The molecule has 3 aromatic rings. The van der Waals surface area contributed by atoms with Gasteiger partial charge in [0.1, 0.15) is 0 Å². The van der Waals surface area contributed by atoms with Gasteiger partial charge in [-0.3, -0.25) is 14.4 Å². The number of carbonyl (C=O) groups excluding carboxylic acids is 1. The van der Waals surface area contributed by atoms with Crippen molar-refractivity contribution >= 4 is 27.7 Å². The Morgan fingerprint density at radius 1 is 0.818 bits per heavy atom. The van der Waals surface area contributed by atoms with Gasteiger partial charge in [-0.25, -0.2) is 8.42 Å². The summed E-state index contributed by atoms with van der Waals surface area (Å²) >= 11 is 0. The van der Waals surface area contributed by atoms with Crippen LogP contribution in [0.2, 0.25) is 0 Å². The molecular formula is C26H27N3O3S. The second-order valence-electron chi connectivity index (χ2n) is 7.99. The highest BCUT2D eigenvalue weighted by atomic mass is 32.2. The number of sulfonamides is 1. The Morgan fingerprint density at radius 3 is 2.06 bits per heavy atom. The Kier molecular flexibility index (Phi) is 7.22. The van der Waals surface area contributed by atoms with Crippen molar-refractivity contribution in [2.24, 2.45) is 0 Å². The van der Waals surface area contributed by atoms with Gasteiger partial charge in [0.25, 0.3) is 15.9 Å². The molecule has 4 rings (SSSR count). The highest BCUT2D eigenvalue weighted by molar-refractivity contribution is 7.95. The third kappa shape index (κ3) is 6.54. The highest BCUT2D eigenvalue weighted by Crippen LogP contribution is 2.16. The van der Waals surface area contributed by atoms with Crippen molar-refractivity contribution in [1.29, 1.82) is 0 Å². The molecule has 1 amide bonds. The zero-order valence-electron chi connectivity index (χ0n) is 18.3. The molecule has 0 aliphatic carbocycles. The molecule has 1 saturated heterocycles. The molecule has 1 aliphatic rings. The van der Waals surface area contributed by atoms with Gasteiger partial charge in [-0.05, 0) is 41.5 Å². The number of rotatable bonds is 7. The third-order valence-corrected chi connectivity index (χ3v) is 6.55. The van der Waals surface area contributed by atoms with Crippen LogP contribution in [0.4, 0.5) is 5.69 Å². The summed E-state index contributed by atoms with van der Waals surface area (Å²) in [6.45, 7) is 3.88. The van der Waals surface area contributed by atoms with Gasteiger partial charge in [-0.1, -0.05) is 60.7 Å². The number of nitrogens with zero attached hydrogens (tertiary/aromatic N) is 2. The molecule has 7 heteroatoms. The Labute approximate surface area is 195 Å². The van der Waals surface area contributed by atoms with Crippen molar-refractivity contribution in [2.75, 3.05) is 30.9 Å². The lowest BCUT2D eigenvalue weighted by molar-refractivity contribution is 0.0628. The minimum absolute atomic E-state index is 0.0345. The summed E-state index contributed by atoms with van der Waals surface area (Å²) in [5.41, 5.74) is 3.04. The Balaban J connectivity index is 1.30. The van der Waals surface area contributed by atoms with E-state index in [0.29, 0.717) is 24.3 Å². The molecule has 0 radical (unpaired) electrons. The average molecular weight is 462 g/mol. The minimum Gasteiger partial charge on any atom is -0.336 e. The van der Waals surface area contributed by atoms with E-state index in [1.54, 1.807) is 24.3 Å². The van der Waals surface area contributed by atoms with Crippen LogP contribution in [-0.4, -0.2) is 50.3 Å². The molecule has 0 bridgehead atoms. The minimum atomic E-state index is -3.65. The Hall–Kier alpha value is -3.42. The molecular weight excluding hydrogens is 434 g/mol. The van der Waals surface area contributed by atoms with E-state index in [0.717, 1.165) is 30.6 Å². The van der Waals surface area contributed by atoms with Crippen LogP contribution in [0.1, 0.15) is 21.5 Å². The molecule has 1 fully saturated rings. The predicted octanol–water partition coefficient (Wildman–Crippen LogP) is 4.06. The summed E-state index contributed by atoms with van der Waals surface area (Å²) in [4.78, 5) is 17.1. The van der Waals surface area contributed by atoms with Crippen molar-refractivity contribution in [2.45, 2.75) is 6.54 Å². The maximum atomic E-state index is 12.9. The van der Waals surface area contributed by atoms with Gasteiger partial charge in [0.2, 0.25) is 0 Å². The maximum absolute atomic E-state index is 12.9. The van der Waals surface area contributed by atoms with E-state index in [1.165, 1.54) is 11.6 Å². The lowest BCUT2D eigenvalue weighted by Crippen LogP contribution is -2.48. The molecule has 33 heavy (non-hydrogen) atoms. The van der Waals surface area contributed by atoms with Gasteiger partial charge in [0.05, 0.1) is 5.41 Å². The largest absolute Gasteiger partial charge is 0.336 e. The monoisotopic (exact) mass is 461 g/mol. The van der Waals surface area contributed by atoms with Crippen LogP contribution in [-0.2, 0) is 16.6 Å². The number of nitrogens with one attached hydrogen (secondary N) is 1. The van der Waals surface area contributed by atoms with Crippen molar-refractivity contribution in [1.82, 2.24) is 9.80 Å². The van der Waals surface area contributed by atoms with E-state index in [-0.39, 0.29) is 5.91 Å². The molecule has 6 nitrogen and oxygen atoms in total. The molecule has 0 spiro atoms. The van der Waals surface area contributed by atoms with Crippen LogP contribution in [0, 0.1) is 0 Å². The molecule has 0 unspecified atom stereocenters. The topological polar surface area (TPSA) is 69.7 Å². The van der Waals surface area contributed by atoms with Crippen LogP contribution >= 0.6 is 0 Å². The van der Waals surface area contributed by atoms with Gasteiger partial charge in [-0.15, -0.1) is 0 Å². The first-order valence-corrected chi connectivity index (χ1v) is 12.4. The highest BCUT2D eigenvalue weighted by Gasteiger charge is 2.22. The number of anilines is 1. The van der Waals surface area contributed by atoms with Crippen molar-refractivity contribution in [3.63, 3.8) is 0 Å². The molecule has 170 valence electrons. The number of amides is 1. The van der Waals surface area contributed by atoms with E-state index in [9.17, 15) is 13.2 Å². The fourth-order valence-electron chi connectivity index (χ4n) is 3.74. The summed E-state index contributed by atoms with van der Waals surface area (Å²) in [5, 5.41) is 1.14.